The maximum Gasteiger partial charge on any atom is -0.00870 e. The number of allylic oxidation sites excluding steroid dienone is 4. The summed E-state index contributed by atoms with van der Waals surface area (Å²) in [5, 5.41) is 0. The van der Waals surface area contributed by atoms with Crippen LogP contribution in [0.2, 0.25) is 0 Å². The third kappa shape index (κ3) is 2.21. The lowest BCUT2D eigenvalue weighted by molar-refractivity contribution is 0.582. The van der Waals surface area contributed by atoms with Crippen molar-refractivity contribution in [1.29, 1.82) is 0 Å². The topological polar surface area (TPSA) is 0 Å². The van der Waals surface area contributed by atoms with Crippen molar-refractivity contribution < 1.29 is 0 Å². The molecule has 0 nitrogen and oxygen atoms in total. The maximum absolute atomic E-state index is 2.49. The van der Waals surface area contributed by atoms with Gasteiger partial charge in [-0.15, -0.1) is 0 Å². The van der Waals surface area contributed by atoms with Crippen LogP contribution in [-0.4, -0.2) is 0 Å². The minimum atomic E-state index is 0.717. The molecule has 0 spiro atoms. The Hall–Kier alpha value is -2.08. The van der Waals surface area contributed by atoms with Crippen molar-refractivity contribution in [1.82, 2.24) is 0 Å². The molecule has 0 amide bonds. The minimum Gasteiger partial charge on any atom is -0.0851 e. The van der Waals surface area contributed by atoms with E-state index >= 15 is 0 Å². The fraction of sp³-hybridized carbons (Fsp3) is 0.385. The molecule has 6 unspecified atom stereocenters. The number of fused-ring (bicyclic) bond motifs is 4. The number of rotatable bonds is 3. The van der Waals surface area contributed by atoms with Gasteiger partial charge in [0.05, 0.1) is 0 Å². The molecule has 4 aliphatic carbocycles. The molecule has 2 aromatic rings. The van der Waals surface area contributed by atoms with Gasteiger partial charge in [0.2, 0.25) is 0 Å². The van der Waals surface area contributed by atoms with Crippen molar-refractivity contribution in [2.24, 2.45) is 23.7 Å². The lowest BCUT2D eigenvalue weighted by Gasteiger charge is -2.26. The van der Waals surface area contributed by atoms with Gasteiger partial charge in [0.15, 0.2) is 0 Å². The van der Waals surface area contributed by atoms with Gasteiger partial charge < -0.3 is 0 Å². The highest BCUT2D eigenvalue weighted by Gasteiger charge is 2.39. The highest BCUT2D eigenvalue weighted by molar-refractivity contribution is 5.72. The highest BCUT2D eigenvalue weighted by atomic mass is 14.4. The van der Waals surface area contributed by atoms with Crippen LogP contribution in [0.15, 0.2) is 72.8 Å². The largest absolute Gasteiger partial charge is 0.0851 e. The molecule has 26 heavy (non-hydrogen) atoms. The van der Waals surface area contributed by atoms with E-state index in [4.69, 9.17) is 0 Å². The first kappa shape index (κ1) is 15.0. The zero-order valence-corrected chi connectivity index (χ0v) is 15.2. The van der Waals surface area contributed by atoms with Crippen LogP contribution in [0.1, 0.15) is 48.6 Å². The highest BCUT2D eigenvalue weighted by Crippen LogP contribution is 2.53. The zero-order valence-electron chi connectivity index (χ0n) is 15.2. The Kier molecular flexibility index (Phi) is 3.30. The molecule has 2 saturated carbocycles. The van der Waals surface area contributed by atoms with E-state index in [-0.39, 0.29) is 0 Å². The molecule has 0 saturated heterocycles. The van der Waals surface area contributed by atoms with E-state index in [1.165, 1.54) is 36.8 Å². The van der Waals surface area contributed by atoms with Crippen LogP contribution in [0.3, 0.4) is 0 Å². The van der Waals surface area contributed by atoms with Crippen molar-refractivity contribution in [3.05, 3.63) is 84.0 Å². The summed E-state index contributed by atoms with van der Waals surface area (Å²) in [7, 11) is 0. The van der Waals surface area contributed by atoms with Crippen LogP contribution in [0.25, 0.3) is 11.1 Å². The van der Waals surface area contributed by atoms with E-state index in [9.17, 15) is 0 Å². The first-order valence-corrected chi connectivity index (χ1v) is 10.4. The second-order valence-corrected chi connectivity index (χ2v) is 8.95. The summed E-state index contributed by atoms with van der Waals surface area (Å²) in [4.78, 5) is 0. The van der Waals surface area contributed by atoms with Crippen LogP contribution >= 0.6 is 0 Å². The van der Waals surface area contributed by atoms with Crippen LogP contribution in [0, 0.1) is 23.7 Å². The van der Waals surface area contributed by atoms with Gasteiger partial charge in [-0.2, -0.15) is 0 Å². The monoisotopic (exact) mass is 338 g/mol. The molecule has 6 rings (SSSR count). The van der Waals surface area contributed by atoms with Gasteiger partial charge in [0, 0.05) is 0 Å². The van der Waals surface area contributed by atoms with E-state index in [0.29, 0.717) is 11.8 Å². The Bertz CT molecular complexity index is 826. The van der Waals surface area contributed by atoms with Crippen molar-refractivity contribution in [2.45, 2.75) is 37.5 Å². The molecule has 0 heteroatoms. The third-order valence-corrected chi connectivity index (χ3v) is 7.57. The van der Waals surface area contributed by atoms with E-state index in [0.717, 1.165) is 23.7 Å². The molecule has 2 fully saturated rings. The maximum atomic E-state index is 2.49. The van der Waals surface area contributed by atoms with Gasteiger partial charge in [0.25, 0.3) is 0 Å². The summed E-state index contributed by atoms with van der Waals surface area (Å²) in [6.07, 6.45) is 15.3. The molecular formula is C26H26. The molecule has 0 aliphatic heterocycles. The number of hydrogen-bond donors (Lipinski definition) is 0. The Morgan fingerprint density at radius 2 is 0.962 bits per heavy atom. The Morgan fingerprint density at radius 3 is 1.35 bits per heavy atom. The van der Waals surface area contributed by atoms with Crippen LogP contribution in [-0.2, 0) is 0 Å². The van der Waals surface area contributed by atoms with Gasteiger partial charge in [-0.1, -0.05) is 72.8 Å². The molecule has 2 aromatic carbocycles. The predicted octanol–water partition coefficient (Wildman–Crippen LogP) is 6.71. The standard InChI is InChI=1S/C26H26/c1-3-7-23(25-15-17-9-11-19(25)13-17)21(5-1)22-6-2-4-8-24(22)26-16-18-10-12-20(26)14-18/h1-12,17-20,25-26H,13-16H2. The summed E-state index contributed by atoms with van der Waals surface area (Å²) in [6, 6.07) is 18.5. The molecule has 130 valence electrons. The SMILES string of the molecule is C1=CC2CC1CC2c1ccccc1-c1ccccc1C1CC2C=CC1C2. The van der Waals surface area contributed by atoms with Gasteiger partial charge >= 0.3 is 0 Å². The van der Waals surface area contributed by atoms with E-state index in [1.54, 1.807) is 11.1 Å². The van der Waals surface area contributed by atoms with E-state index < -0.39 is 0 Å². The van der Waals surface area contributed by atoms with E-state index in [1.807, 2.05) is 0 Å². The van der Waals surface area contributed by atoms with Crippen LogP contribution in [0.4, 0.5) is 0 Å². The summed E-state index contributed by atoms with van der Waals surface area (Å²) >= 11 is 0. The predicted molar refractivity (Wildman–Crippen MR) is 108 cm³/mol. The molecule has 6 atom stereocenters. The van der Waals surface area contributed by atoms with Gasteiger partial charge in [-0.25, -0.2) is 0 Å². The summed E-state index contributed by atoms with van der Waals surface area (Å²) in [5.41, 5.74) is 6.19. The minimum absolute atomic E-state index is 0.717. The second-order valence-electron chi connectivity index (χ2n) is 8.95. The fourth-order valence-electron chi connectivity index (χ4n) is 6.41. The van der Waals surface area contributed by atoms with E-state index in [2.05, 4.69) is 72.8 Å². The van der Waals surface area contributed by atoms with Crippen LogP contribution < -0.4 is 0 Å². The second kappa shape index (κ2) is 5.71. The van der Waals surface area contributed by atoms with Crippen molar-refractivity contribution in [3.8, 4) is 11.1 Å². The summed E-state index contributed by atoms with van der Waals surface area (Å²) in [5.74, 6) is 4.61. The Balaban J connectivity index is 1.45. The molecule has 0 radical (unpaired) electrons. The average Bonchev–Trinajstić information content (AvgIpc) is 3.49. The first-order valence-electron chi connectivity index (χ1n) is 10.4. The summed E-state index contributed by atoms with van der Waals surface area (Å²) in [6.45, 7) is 0. The smallest absolute Gasteiger partial charge is 0.00870 e. The molecule has 0 aromatic heterocycles. The van der Waals surface area contributed by atoms with Gasteiger partial charge in [-0.05, 0) is 83.4 Å². The third-order valence-electron chi connectivity index (χ3n) is 7.57. The van der Waals surface area contributed by atoms with Crippen molar-refractivity contribution in [3.63, 3.8) is 0 Å². The Labute approximate surface area is 156 Å². The molecule has 4 bridgehead atoms. The molecule has 4 aliphatic rings. The zero-order chi connectivity index (χ0) is 17.1. The Morgan fingerprint density at radius 1 is 0.500 bits per heavy atom. The molecule has 0 heterocycles. The van der Waals surface area contributed by atoms with Crippen LogP contribution in [0.5, 0.6) is 0 Å². The van der Waals surface area contributed by atoms with Gasteiger partial charge in [0.1, 0.15) is 0 Å². The van der Waals surface area contributed by atoms with Gasteiger partial charge in [-0.3, -0.25) is 0 Å². The molecular weight excluding hydrogens is 312 g/mol. The molecule has 0 N–H and O–H groups in total. The fourth-order valence-corrected chi connectivity index (χ4v) is 6.41. The van der Waals surface area contributed by atoms with Crippen molar-refractivity contribution >= 4 is 0 Å². The summed E-state index contributed by atoms with van der Waals surface area (Å²) < 4.78 is 0. The normalized spacial score (nSPS) is 36.3. The lowest BCUT2D eigenvalue weighted by Crippen LogP contribution is -2.09. The average molecular weight is 338 g/mol. The number of benzene rings is 2. The number of hydrogen-bond acceptors (Lipinski definition) is 0. The first-order chi connectivity index (χ1) is 12.9. The van der Waals surface area contributed by atoms with Crippen molar-refractivity contribution in [2.75, 3.05) is 0 Å². The lowest BCUT2D eigenvalue weighted by atomic mass is 9.78. The quantitative estimate of drug-likeness (QED) is 0.545.